The highest BCUT2D eigenvalue weighted by Gasteiger charge is 2.39. The summed E-state index contributed by atoms with van der Waals surface area (Å²) < 4.78 is 29.1. The van der Waals surface area contributed by atoms with E-state index in [-0.39, 0.29) is 18.2 Å². The van der Waals surface area contributed by atoms with E-state index in [9.17, 15) is 18.3 Å². The second kappa shape index (κ2) is 5.99. The molecule has 20 heavy (non-hydrogen) atoms. The number of likely N-dealkylation sites (N-methyl/N-ethyl adjacent to an activating group) is 1. The highest BCUT2D eigenvalue weighted by Crippen LogP contribution is 2.24. The van der Waals surface area contributed by atoms with Crippen molar-refractivity contribution in [1.29, 1.82) is 0 Å². The Balaban J connectivity index is 2.01. The number of amides is 1. The molecule has 2 heterocycles. The van der Waals surface area contributed by atoms with Crippen LogP contribution in [0.1, 0.15) is 32.1 Å². The molecule has 0 aromatic heterocycles. The van der Waals surface area contributed by atoms with E-state index in [2.05, 4.69) is 0 Å². The van der Waals surface area contributed by atoms with Crippen LogP contribution in [-0.4, -0.2) is 67.7 Å². The van der Waals surface area contributed by atoms with Crippen molar-refractivity contribution in [2.75, 3.05) is 32.6 Å². The summed E-state index contributed by atoms with van der Waals surface area (Å²) >= 11 is 0. The molecule has 2 aliphatic heterocycles. The standard InChI is InChI=1S/C13H23NO5S/c1-14(10-13(16)5-7-19-8-6-13)12(15)11-4-2-3-9-20(11,17)18/h11,16H,2-10H2,1H3. The molecule has 116 valence electrons. The van der Waals surface area contributed by atoms with Gasteiger partial charge < -0.3 is 14.7 Å². The molecule has 1 amide bonds. The summed E-state index contributed by atoms with van der Waals surface area (Å²) in [6.45, 7) is 1.11. The Morgan fingerprint density at radius 3 is 2.60 bits per heavy atom. The number of hydrogen-bond acceptors (Lipinski definition) is 5. The first-order valence-corrected chi connectivity index (χ1v) is 8.82. The average molecular weight is 305 g/mol. The van der Waals surface area contributed by atoms with E-state index in [4.69, 9.17) is 4.74 Å². The van der Waals surface area contributed by atoms with Gasteiger partial charge in [0.1, 0.15) is 5.25 Å². The zero-order valence-electron chi connectivity index (χ0n) is 11.9. The SMILES string of the molecule is CN(CC1(O)CCOCC1)C(=O)C1CCCCS1(=O)=O. The maximum absolute atomic E-state index is 12.3. The Kier molecular flexibility index (Phi) is 4.71. The lowest BCUT2D eigenvalue weighted by Crippen LogP contribution is -2.51. The van der Waals surface area contributed by atoms with E-state index in [1.807, 2.05) is 0 Å². The summed E-state index contributed by atoms with van der Waals surface area (Å²) in [5, 5.41) is 9.47. The van der Waals surface area contributed by atoms with Crippen LogP contribution >= 0.6 is 0 Å². The van der Waals surface area contributed by atoms with E-state index in [1.165, 1.54) is 4.90 Å². The molecule has 2 saturated heterocycles. The van der Waals surface area contributed by atoms with Crippen molar-refractivity contribution in [2.24, 2.45) is 0 Å². The second-order valence-corrected chi connectivity index (χ2v) is 8.19. The van der Waals surface area contributed by atoms with Gasteiger partial charge in [-0.2, -0.15) is 0 Å². The molecule has 1 atom stereocenters. The average Bonchev–Trinajstić information content (AvgIpc) is 2.37. The number of nitrogens with zero attached hydrogens (tertiary/aromatic N) is 1. The number of aliphatic hydroxyl groups is 1. The molecule has 0 saturated carbocycles. The zero-order valence-corrected chi connectivity index (χ0v) is 12.7. The van der Waals surface area contributed by atoms with E-state index in [1.54, 1.807) is 7.05 Å². The van der Waals surface area contributed by atoms with Crippen LogP contribution in [0.2, 0.25) is 0 Å². The normalized spacial score (nSPS) is 28.8. The molecule has 2 rings (SSSR count). The van der Waals surface area contributed by atoms with Gasteiger partial charge in [-0.15, -0.1) is 0 Å². The number of carbonyl (C=O) groups excluding carboxylic acids is 1. The number of rotatable bonds is 3. The van der Waals surface area contributed by atoms with Gasteiger partial charge in [0.2, 0.25) is 5.91 Å². The molecular weight excluding hydrogens is 282 g/mol. The first-order valence-electron chi connectivity index (χ1n) is 7.11. The van der Waals surface area contributed by atoms with Crippen LogP contribution in [0.4, 0.5) is 0 Å². The third-order valence-electron chi connectivity index (χ3n) is 4.19. The van der Waals surface area contributed by atoms with Gasteiger partial charge in [0.15, 0.2) is 9.84 Å². The van der Waals surface area contributed by atoms with Crippen LogP contribution in [0.5, 0.6) is 0 Å². The lowest BCUT2D eigenvalue weighted by atomic mass is 9.94. The zero-order chi connectivity index (χ0) is 14.8. The van der Waals surface area contributed by atoms with E-state index in [0.717, 1.165) is 6.42 Å². The lowest BCUT2D eigenvalue weighted by Gasteiger charge is -2.36. The topological polar surface area (TPSA) is 83.9 Å². The van der Waals surface area contributed by atoms with Gasteiger partial charge >= 0.3 is 0 Å². The first-order chi connectivity index (χ1) is 9.34. The maximum atomic E-state index is 12.3. The van der Waals surface area contributed by atoms with Crippen LogP contribution in [0.15, 0.2) is 0 Å². The van der Waals surface area contributed by atoms with Gasteiger partial charge in [-0.1, -0.05) is 6.42 Å². The molecule has 0 aliphatic carbocycles. The Labute approximate surface area is 120 Å². The molecule has 0 radical (unpaired) electrons. The Morgan fingerprint density at radius 1 is 1.35 bits per heavy atom. The number of carbonyl (C=O) groups is 1. The predicted octanol–water partition coefficient (Wildman–Crippen LogP) is -0.0464. The van der Waals surface area contributed by atoms with Crippen molar-refractivity contribution in [1.82, 2.24) is 4.90 Å². The van der Waals surface area contributed by atoms with Gasteiger partial charge in [-0.25, -0.2) is 8.42 Å². The van der Waals surface area contributed by atoms with Crippen LogP contribution in [0.3, 0.4) is 0 Å². The Bertz CT molecular complexity index is 455. The van der Waals surface area contributed by atoms with E-state index in [0.29, 0.717) is 38.9 Å². The Hall–Kier alpha value is -0.660. The molecule has 0 spiro atoms. The van der Waals surface area contributed by atoms with Crippen LogP contribution < -0.4 is 0 Å². The van der Waals surface area contributed by atoms with Crippen LogP contribution in [0.25, 0.3) is 0 Å². The van der Waals surface area contributed by atoms with Crippen molar-refractivity contribution in [3.05, 3.63) is 0 Å². The summed E-state index contributed by atoms with van der Waals surface area (Å²) in [7, 11) is -1.76. The summed E-state index contributed by atoms with van der Waals surface area (Å²) in [5.41, 5.74) is -0.957. The number of hydrogen-bond donors (Lipinski definition) is 1. The number of sulfone groups is 1. The largest absolute Gasteiger partial charge is 0.388 e. The van der Waals surface area contributed by atoms with Crippen molar-refractivity contribution >= 4 is 15.7 Å². The minimum absolute atomic E-state index is 0.0926. The Morgan fingerprint density at radius 2 is 2.00 bits per heavy atom. The fourth-order valence-electron chi connectivity index (χ4n) is 2.91. The van der Waals surface area contributed by atoms with Gasteiger partial charge in [0.25, 0.3) is 0 Å². The monoisotopic (exact) mass is 305 g/mol. The first kappa shape index (κ1) is 15.7. The predicted molar refractivity (Wildman–Crippen MR) is 74.1 cm³/mol. The molecular formula is C13H23NO5S. The summed E-state index contributed by atoms with van der Waals surface area (Å²) in [5.74, 6) is -0.292. The van der Waals surface area contributed by atoms with Crippen molar-refractivity contribution in [3.63, 3.8) is 0 Å². The molecule has 0 aromatic carbocycles. The molecule has 1 N–H and O–H groups in total. The van der Waals surface area contributed by atoms with Gasteiger partial charge in [-0.05, 0) is 12.8 Å². The molecule has 6 nitrogen and oxygen atoms in total. The summed E-state index contributed by atoms with van der Waals surface area (Å²) in [6, 6.07) is 0. The molecule has 2 fully saturated rings. The second-order valence-electron chi connectivity index (χ2n) is 5.88. The maximum Gasteiger partial charge on any atom is 0.240 e. The highest BCUT2D eigenvalue weighted by molar-refractivity contribution is 7.92. The minimum atomic E-state index is -3.33. The van der Waals surface area contributed by atoms with E-state index >= 15 is 0 Å². The van der Waals surface area contributed by atoms with Gasteiger partial charge in [0, 0.05) is 39.6 Å². The minimum Gasteiger partial charge on any atom is -0.388 e. The molecule has 2 aliphatic rings. The highest BCUT2D eigenvalue weighted by atomic mass is 32.2. The van der Waals surface area contributed by atoms with E-state index < -0.39 is 20.7 Å². The van der Waals surface area contributed by atoms with Crippen molar-refractivity contribution < 1.29 is 23.1 Å². The molecule has 1 unspecified atom stereocenters. The van der Waals surface area contributed by atoms with Crippen molar-refractivity contribution in [3.8, 4) is 0 Å². The fourth-order valence-corrected chi connectivity index (χ4v) is 4.81. The molecule has 0 bridgehead atoms. The molecule has 0 aromatic rings. The lowest BCUT2D eigenvalue weighted by molar-refractivity contribution is -0.136. The van der Waals surface area contributed by atoms with Crippen LogP contribution in [-0.2, 0) is 19.4 Å². The fraction of sp³-hybridized carbons (Fsp3) is 0.923. The van der Waals surface area contributed by atoms with Crippen LogP contribution in [0, 0.1) is 0 Å². The smallest absolute Gasteiger partial charge is 0.240 e. The summed E-state index contributed by atoms with van der Waals surface area (Å²) in [6.07, 6.45) is 2.75. The molecule has 7 heteroatoms. The third kappa shape index (κ3) is 3.51. The third-order valence-corrected chi connectivity index (χ3v) is 6.35. The van der Waals surface area contributed by atoms with Crippen molar-refractivity contribution in [2.45, 2.75) is 43.0 Å². The number of ether oxygens (including phenoxy) is 1. The summed E-state index contributed by atoms with van der Waals surface area (Å²) in [4.78, 5) is 13.7. The van der Waals surface area contributed by atoms with Gasteiger partial charge in [0.05, 0.1) is 11.4 Å². The van der Waals surface area contributed by atoms with Gasteiger partial charge in [-0.3, -0.25) is 4.79 Å². The quantitative estimate of drug-likeness (QED) is 0.790.